The van der Waals surface area contributed by atoms with E-state index in [4.69, 9.17) is 5.73 Å². The van der Waals surface area contributed by atoms with Crippen LogP contribution in [-0.4, -0.2) is 31.4 Å². The molecule has 3 heteroatoms. The maximum Gasteiger partial charge on any atom is 0.253 e. The predicted octanol–water partition coefficient (Wildman–Crippen LogP) is 3.65. The summed E-state index contributed by atoms with van der Waals surface area (Å²) in [6.07, 6.45) is 3.32. The Balaban J connectivity index is 0.00000172. The average Bonchev–Trinajstić information content (AvgIpc) is 2.48. The molecule has 0 saturated carbocycles. The molecule has 0 saturated heterocycles. The molecule has 2 N–H and O–H groups in total. The fourth-order valence-electron chi connectivity index (χ4n) is 2.18. The Bertz CT molecular complexity index is 365. The minimum absolute atomic E-state index is 0.0485. The van der Waals surface area contributed by atoms with Gasteiger partial charge in [-0.15, -0.1) is 0 Å². The SMILES string of the molecule is CC.CCCC(CCN)c1ccc(C(=O)N(C)C)cc1. The van der Waals surface area contributed by atoms with Gasteiger partial charge in [0.15, 0.2) is 0 Å². The third-order valence-electron chi connectivity index (χ3n) is 3.19. The fraction of sp³-hybridized carbons (Fsp3) is 0.588. The molecule has 0 fully saturated rings. The van der Waals surface area contributed by atoms with Gasteiger partial charge in [0.2, 0.25) is 0 Å². The van der Waals surface area contributed by atoms with Crippen LogP contribution in [-0.2, 0) is 0 Å². The van der Waals surface area contributed by atoms with E-state index < -0.39 is 0 Å². The van der Waals surface area contributed by atoms with Crippen LogP contribution in [0.1, 0.15) is 61.9 Å². The maximum atomic E-state index is 11.8. The van der Waals surface area contributed by atoms with Gasteiger partial charge in [0.05, 0.1) is 0 Å². The van der Waals surface area contributed by atoms with Crippen molar-refractivity contribution in [1.29, 1.82) is 0 Å². The van der Waals surface area contributed by atoms with Gasteiger partial charge in [0, 0.05) is 19.7 Å². The van der Waals surface area contributed by atoms with Gasteiger partial charge >= 0.3 is 0 Å². The molecule has 0 radical (unpaired) electrons. The highest BCUT2D eigenvalue weighted by Gasteiger charge is 2.12. The molecule has 3 nitrogen and oxygen atoms in total. The molecule has 1 aromatic carbocycles. The third kappa shape index (κ3) is 5.74. The van der Waals surface area contributed by atoms with E-state index in [1.165, 1.54) is 5.56 Å². The summed E-state index contributed by atoms with van der Waals surface area (Å²) in [7, 11) is 3.54. The molecular formula is C17H30N2O. The van der Waals surface area contributed by atoms with Crippen molar-refractivity contribution in [3.63, 3.8) is 0 Å². The lowest BCUT2D eigenvalue weighted by atomic mass is 9.91. The van der Waals surface area contributed by atoms with Gasteiger partial charge in [-0.05, 0) is 43.0 Å². The van der Waals surface area contributed by atoms with E-state index in [-0.39, 0.29) is 5.91 Å². The van der Waals surface area contributed by atoms with Gasteiger partial charge in [-0.2, -0.15) is 0 Å². The minimum Gasteiger partial charge on any atom is -0.345 e. The van der Waals surface area contributed by atoms with E-state index in [1.54, 1.807) is 19.0 Å². The molecule has 0 aliphatic heterocycles. The molecule has 1 amide bonds. The first-order valence-electron chi connectivity index (χ1n) is 7.61. The maximum absolute atomic E-state index is 11.8. The predicted molar refractivity (Wildman–Crippen MR) is 87.1 cm³/mol. The zero-order valence-corrected chi connectivity index (χ0v) is 13.6. The van der Waals surface area contributed by atoms with E-state index in [9.17, 15) is 4.79 Å². The highest BCUT2D eigenvalue weighted by atomic mass is 16.2. The van der Waals surface area contributed by atoms with E-state index in [0.717, 1.165) is 24.8 Å². The van der Waals surface area contributed by atoms with Crippen LogP contribution in [0.15, 0.2) is 24.3 Å². The Labute approximate surface area is 124 Å². The van der Waals surface area contributed by atoms with Gasteiger partial charge in [0.1, 0.15) is 0 Å². The van der Waals surface area contributed by atoms with Crippen molar-refractivity contribution in [2.45, 2.75) is 46.0 Å². The van der Waals surface area contributed by atoms with Crippen LogP contribution in [0, 0.1) is 0 Å². The number of rotatable bonds is 6. The highest BCUT2D eigenvalue weighted by molar-refractivity contribution is 5.93. The normalized spacial score (nSPS) is 11.3. The Morgan fingerprint density at radius 3 is 2.10 bits per heavy atom. The van der Waals surface area contributed by atoms with E-state index in [2.05, 4.69) is 19.1 Å². The molecule has 1 unspecified atom stereocenters. The van der Waals surface area contributed by atoms with Gasteiger partial charge in [-0.1, -0.05) is 39.3 Å². The summed E-state index contributed by atoms with van der Waals surface area (Å²) >= 11 is 0. The fourth-order valence-corrected chi connectivity index (χ4v) is 2.18. The summed E-state index contributed by atoms with van der Waals surface area (Å²) in [6.45, 7) is 6.90. The van der Waals surface area contributed by atoms with E-state index in [1.807, 2.05) is 26.0 Å². The van der Waals surface area contributed by atoms with Gasteiger partial charge in [-0.25, -0.2) is 0 Å². The summed E-state index contributed by atoms with van der Waals surface area (Å²) in [5.41, 5.74) is 7.69. The second-order valence-corrected chi connectivity index (χ2v) is 4.88. The standard InChI is InChI=1S/C15H24N2O.C2H6/c1-4-5-12(10-11-16)13-6-8-14(9-7-13)15(18)17(2)3;1-2/h6-9,12H,4-5,10-11,16H2,1-3H3;1-2H3. The average molecular weight is 278 g/mol. The van der Waals surface area contributed by atoms with Gasteiger partial charge < -0.3 is 10.6 Å². The van der Waals surface area contributed by atoms with Crippen LogP contribution in [0.2, 0.25) is 0 Å². The van der Waals surface area contributed by atoms with Crippen molar-refractivity contribution < 1.29 is 4.79 Å². The molecule has 114 valence electrons. The van der Waals surface area contributed by atoms with E-state index >= 15 is 0 Å². The van der Waals surface area contributed by atoms with Crippen LogP contribution in [0.4, 0.5) is 0 Å². The first-order valence-corrected chi connectivity index (χ1v) is 7.61. The number of benzene rings is 1. The number of carbonyl (C=O) groups excluding carboxylic acids is 1. The molecule has 1 rings (SSSR count). The van der Waals surface area contributed by atoms with E-state index in [0.29, 0.717) is 12.5 Å². The molecular weight excluding hydrogens is 248 g/mol. The van der Waals surface area contributed by atoms with Crippen LogP contribution in [0.3, 0.4) is 0 Å². The number of hydrogen-bond acceptors (Lipinski definition) is 2. The third-order valence-corrected chi connectivity index (χ3v) is 3.19. The molecule has 0 aromatic heterocycles. The van der Waals surface area contributed by atoms with Gasteiger partial charge in [-0.3, -0.25) is 4.79 Å². The molecule has 0 aliphatic rings. The topological polar surface area (TPSA) is 46.3 Å². The van der Waals surface area contributed by atoms with Crippen molar-refractivity contribution in [3.05, 3.63) is 35.4 Å². The smallest absolute Gasteiger partial charge is 0.253 e. The lowest BCUT2D eigenvalue weighted by Gasteiger charge is -2.16. The monoisotopic (exact) mass is 278 g/mol. The number of amides is 1. The number of hydrogen-bond donors (Lipinski definition) is 1. The van der Waals surface area contributed by atoms with Crippen molar-refractivity contribution in [1.82, 2.24) is 4.90 Å². The summed E-state index contributed by atoms with van der Waals surface area (Å²) in [5.74, 6) is 0.566. The van der Waals surface area contributed by atoms with Crippen molar-refractivity contribution >= 4 is 5.91 Å². The second kappa shape index (κ2) is 10.4. The molecule has 0 bridgehead atoms. The second-order valence-electron chi connectivity index (χ2n) is 4.88. The number of nitrogens with zero attached hydrogens (tertiary/aromatic N) is 1. The van der Waals surface area contributed by atoms with Crippen LogP contribution in [0.25, 0.3) is 0 Å². The largest absolute Gasteiger partial charge is 0.345 e. The zero-order chi connectivity index (χ0) is 15.5. The molecule has 0 aliphatic carbocycles. The Hall–Kier alpha value is -1.35. The summed E-state index contributed by atoms with van der Waals surface area (Å²) in [4.78, 5) is 13.4. The molecule has 0 spiro atoms. The molecule has 0 heterocycles. The lowest BCUT2D eigenvalue weighted by Crippen LogP contribution is -2.21. The highest BCUT2D eigenvalue weighted by Crippen LogP contribution is 2.24. The first-order chi connectivity index (χ1) is 9.60. The number of nitrogens with two attached hydrogens (primary N) is 1. The summed E-state index contributed by atoms with van der Waals surface area (Å²) in [6, 6.07) is 7.95. The molecule has 20 heavy (non-hydrogen) atoms. The molecule has 1 aromatic rings. The number of carbonyl (C=O) groups is 1. The van der Waals surface area contributed by atoms with Crippen molar-refractivity contribution in [3.8, 4) is 0 Å². The van der Waals surface area contributed by atoms with Crippen LogP contribution < -0.4 is 5.73 Å². The first kappa shape index (κ1) is 18.7. The Morgan fingerprint density at radius 2 is 1.70 bits per heavy atom. The van der Waals surface area contributed by atoms with Gasteiger partial charge in [0.25, 0.3) is 5.91 Å². The Morgan fingerprint density at radius 1 is 1.15 bits per heavy atom. The van der Waals surface area contributed by atoms with Crippen molar-refractivity contribution in [2.75, 3.05) is 20.6 Å². The quantitative estimate of drug-likeness (QED) is 0.863. The lowest BCUT2D eigenvalue weighted by molar-refractivity contribution is 0.0827. The minimum atomic E-state index is 0.0485. The molecule has 1 atom stereocenters. The van der Waals surface area contributed by atoms with Crippen LogP contribution >= 0.6 is 0 Å². The summed E-state index contributed by atoms with van der Waals surface area (Å²) in [5, 5.41) is 0. The zero-order valence-electron chi connectivity index (χ0n) is 13.6. The Kier molecular flexibility index (Phi) is 9.73. The van der Waals surface area contributed by atoms with Crippen molar-refractivity contribution in [2.24, 2.45) is 5.73 Å². The summed E-state index contributed by atoms with van der Waals surface area (Å²) < 4.78 is 0. The van der Waals surface area contributed by atoms with Crippen LogP contribution in [0.5, 0.6) is 0 Å².